The minimum atomic E-state index is -5.62. The van der Waals surface area contributed by atoms with Gasteiger partial charge in [0.15, 0.2) is 5.75 Å². The van der Waals surface area contributed by atoms with Crippen molar-refractivity contribution in [2.75, 3.05) is 13.2 Å². The highest BCUT2D eigenvalue weighted by atomic mass is 35.5. The van der Waals surface area contributed by atoms with E-state index in [1.807, 2.05) is 5.32 Å². The molecule has 4 N–H and O–H groups in total. The van der Waals surface area contributed by atoms with Crippen molar-refractivity contribution < 1.29 is 59.3 Å². The predicted molar refractivity (Wildman–Crippen MR) is 154 cm³/mol. The van der Waals surface area contributed by atoms with Gasteiger partial charge in [-0.05, 0) is 55.0 Å². The Morgan fingerprint density at radius 3 is 2.40 bits per heavy atom. The summed E-state index contributed by atoms with van der Waals surface area (Å²) in [6, 6.07) is 6.58. The molecule has 4 rings (SSSR count). The van der Waals surface area contributed by atoms with Crippen LogP contribution in [0.5, 0.6) is 11.5 Å². The van der Waals surface area contributed by atoms with E-state index >= 15 is 0 Å². The van der Waals surface area contributed by atoms with Crippen LogP contribution in [0.2, 0.25) is 5.02 Å². The highest BCUT2D eigenvalue weighted by molar-refractivity contribution is 6.31. The lowest BCUT2D eigenvalue weighted by atomic mass is 9.93. The number of hydrogen-bond acceptors (Lipinski definition) is 7. The molecule has 0 radical (unpaired) electrons. The molecule has 4 aromatic rings. The number of carbonyl (C=O) groups is 2. The fourth-order valence-electron chi connectivity index (χ4n) is 4.55. The molecule has 0 saturated heterocycles. The summed E-state index contributed by atoms with van der Waals surface area (Å²) in [5.74, 6) is -4.58. The minimum absolute atomic E-state index is 0.0713. The van der Waals surface area contributed by atoms with E-state index in [2.05, 4.69) is 14.7 Å². The second-order valence-electron chi connectivity index (χ2n) is 10.3. The molecule has 2 aromatic heterocycles. The zero-order valence-electron chi connectivity index (χ0n) is 24.3. The molecule has 0 spiro atoms. The molecule has 0 bridgehead atoms. The number of alkyl halides is 7. The number of pyridine rings is 2. The van der Waals surface area contributed by atoms with Crippen LogP contribution in [0.3, 0.4) is 0 Å². The maximum Gasteiger partial charge on any atom is 0.424 e. The van der Waals surface area contributed by atoms with E-state index in [-0.39, 0.29) is 16.5 Å². The molecule has 2 aromatic carbocycles. The van der Waals surface area contributed by atoms with Gasteiger partial charge in [-0.3, -0.25) is 14.6 Å². The number of primary amides is 1. The van der Waals surface area contributed by atoms with Gasteiger partial charge in [0.1, 0.15) is 29.4 Å². The van der Waals surface area contributed by atoms with E-state index in [1.54, 1.807) is 6.92 Å². The van der Waals surface area contributed by atoms with E-state index in [0.29, 0.717) is 11.6 Å². The van der Waals surface area contributed by atoms with Crippen LogP contribution in [0.4, 0.5) is 35.1 Å². The molecular weight excluding hydrogens is 684 g/mol. The summed E-state index contributed by atoms with van der Waals surface area (Å²) in [5, 5.41) is 12.6. The van der Waals surface area contributed by atoms with Gasteiger partial charge in [0.2, 0.25) is 11.5 Å². The van der Waals surface area contributed by atoms with E-state index in [1.165, 1.54) is 12.3 Å². The van der Waals surface area contributed by atoms with E-state index in [0.717, 1.165) is 30.3 Å². The second-order valence-corrected chi connectivity index (χ2v) is 10.7. The molecule has 0 aliphatic carbocycles. The smallest absolute Gasteiger partial charge is 0.424 e. The van der Waals surface area contributed by atoms with Gasteiger partial charge in [0.05, 0.1) is 23.7 Å². The van der Waals surface area contributed by atoms with Crippen molar-refractivity contribution in [2.45, 2.75) is 38.2 Å². The molecule has 0 fully saturated rings. The number of fused-ring (bicyclic) bond motifs is 1. The van der Waals surface area contributed by atoms with Gasteiger partial charge >= 0.3 is 12.8 Å². The molecule has 0 unspecified atom stereocenters. The highest BCUT2D eigenvalue weighted by Gasteiger charge is 2.57. The number of nitrogens with zero attached hydrogens (tertiary/aromatic N) is 2. The Bertz CT molecular complexity index is 1860. The van der Waals surface area contributed by atoms with Gasteiger partial charge in [-0.15, -0.1) is 0 Å². The third-order valence-corrected chi connectivity index (χ3v) is 7.01. The lowest BCUT2D eigenvalue weighted by Gasteiger charge is -2.31. The van der Waals surface area contributed by atoms with Gasteiger partial charge in [-0.25, -0.2) is 18.2 Å². The quantitative estimate of drug-likeness (QED) is 0.157. The number of amides is 2. The largest absolute Gasteiger partial charge is 0.485 e. The number of benzene rings is 2. The van der Waals surface area contributed by atoms with Crippen molar-refractivity contribution in [1.82, 2.24) is 15.3 Å². The number of nitrogens with two attached hydrogens (primary N) is 1. The van der Waals surface area contributed by atoms with Crippen LogP contribution >= 0.6 is 11.6 Å². The van der Waals surface area contributed by atoms with Crippen molar-refractivity contribution in [3.05, 3.63) is 81.9 Å². The average molecular weight is 707 g/mol. The molecule has 1 atom stereocenters. The maximum absolute atomic E-state index is 14.7. The van der Waals surface area contributed by atoms with Crippen molar-refractivity contribution in [2.24, 2.45) is 5.73 Å². The van der Waals surface area contributed by atoms with Crippen LogP contribution in [0.15, 0.2) is 48.7 Å². The normalized spacial score (nSPS) is 13.1. The average Bonchev–Trinajstić information content (AvgIpc) is 2.98. The Kier molecular flexibility index (Phi) is 10.6. The Hall–Kier alpha value is -4.77. The molecule has 2 amide bonds. The minimum Gasteiger partial charge on any atom is -0.485 e. The number of carbonyl (C=O) groups excluding carboxylic acids is 2. The lowest BCUT2D eigenvalue weighted by molar-refractivity contribution is -0.265. The van der Waals surface area contributed by atoms with Crippen molar-refractivity contribution in [1.29, 1.82) is 0 Å². The standard InChI is InChI=1S/C30H23ClF8N4O5/c1-13-4-15-5-17(7-20(48-28(35)36)24(15)41-10-13)27(45)42-12-29(46,30(37,38)39)21-8-16(9-23(40)44)26(47-11-22(33)34)25(43-21)14-2-3-19(32)18(31)6-14/h2-8,10,22,28,46H,9,11-12H2,1H3,(H2,40,44)(H,42,45)/t29-/m0/s1. The van der Waals surface area contributed by atoms with Crippen molar-refractivity contribution in [3.8, 4) is 22.8 Å². The summed E-state index contributed by atoms with van der Waals surface area (Å²) in [6.07, 6.45) is -8.27. The summed E-state index contributed by atoms with van der Waals surface area (Å²) in [6.45, 7) is -4.70. The van der Waals surface area contributed by atoms with Gasteiger partial charge in [0, 0.05) is 28.3 Å². The van der Waals surface area contributed by atoms with Gasteiger partial charge in [-0.2, -0.15) is 22.0 Å². The first-order valence-electron chi connectivity index (χ1n) is 13.5. The SMILES string of the molecule is Cc1cnc2c(OC(F)F)cc(C(=O)NC[C@](O)(c3cc(CC(N)=O)c(OCC(F)F)c(-c4ccc(F)c(Cl)c4)n3)C(F)(F)F)cc2c1. The maximum atomic E-state index is 14.7. The Labute approximate surface area is 270 Å². The summed E-state index contributed by atoms with van der Waals surface area (Å²) < 4.78 is 120. The molecule has 0 aliphatic heterocycles. The zero-order chi connectivity index (χ0) is 35.6. The van der Waals surface area contributed by atoms with Crippen LogP contribution in [-0.4, -0.2) is 59.3 Å². The molecule has 18 heteroatoms. The topological polar surface area (TPSA) is 137 Å². The fraction of sp³-hybridized carbons (Fsp3) is 0.267. The lowest BCUT2D eigenvalue weighted by Crippen LogP contribution is -2.51. The second kappa shape index (κ2) is 14.1. The third kappa shape index (κ3) is 8.02. The number of nitrogens with one attached hydrogen (secondary N) is 1. The Morgan fingerprint density at radius 1 is 1.08 bits per heavy atom. The van der Waals surface area contributed by atoms with Crippen molar-refractivity contribution >= 4 is 34.3 Å². The van der Waals surface area contributed by atoms with Crippen LogP contribution in [0.25, 0.3) is 22.2 Å². The number of halogens is 9. The monoisotopic (exact) mass is 706 g/mol. The number of aryl methyl sites for hydroxylation is 1. The molecular formula is C30H23ClF8N4O5. The molecule has 48 heavy (non-hydrogen) atoms. The highest BCUT2D eigenvalue weighted by Crippen LogP contribution is 2.42. The van der Waals surface area contributed by atoms with Gasteiger partial charge in [-0.1, -0.05) is 11.6 Å². The Balaban J connectivity index is 1.84. The number of aliphatic hydroxyl groups is 1. The van der Waals surface area contributed by atoms with Gasteiger partial charge < -0.3 is 25.6 Å². The molecule has 0 aliphatic rings. The van der Waals surface area contributed by atoms with E-state index in [4.69, 9.17) is 22.1 Å². The first kappa shape index (κ1) is 36.1. The number of ether oxygens (including phenoxy) is 2. The first-order chi connectivity index (χ1) is 22.4. The first-order valence-corrected chi connectivity index (χ1v) is 13.9. The van der Waals surface area contributed by atoms with E-state index < -0.39 is 101 Å². The van der Waals surface area contributed by atoms with Crippen LogP contribution in [0, 0.1) is 12.7 Å². The number of rotatable bonds is 12. The van der Waals surface area contributed by atoms with E-state index in [9.17, 15) is 49.8 Å². The summed E-state index contributed by atoms with van der Waals surface area (Å²) >= 11 is 5.83. The number of hydrogen-bond donors (Lipinski definition) is 3. The van der Waals surface area contributed by atoms with Crippen molar-refractivity contribution in [3.63, 3.8) is 0 Å². The van der Waals surface area contributed by atoms with Crippen LogP contribution in [-0.2, 0) is 16.8 Å². The predicted octanol–water partition coefficient (Wildman–Crippen LogP) is 5.85. The summed E-state index contributed by atoms with van der Waals surface area (Å²) in [4.78, 5) is 32.8. The molecule has 0 saturated carbocycles. The summed E-state index contributed by atoms with van der Waals surface area (Å²) in [5.41, 5.74) is -1.49. The zero-order valence-corrected chi connectivity index (χ0v) is 25.1. The molecule has 9 nitrogen and oxygen atoms in total. The van der Waals surface area contributed by atoms with Gasteiger partial charge in [0.25, 0.3) is 12.3 Å². The van der Waals surface area contributed by atoms with Crippen LogP contribution < -0.4 is 20.5 Å². The fourth-order valence-corrected chi connectivity index (χ4v) is 4.73. The third-order valence-electron chi connectivity index (χ3n) is 6.72. The Morgan fingerprint density at radius 2 is 1.79 bits per heavy atom. The molecule has 256 valence electrons. The number of aromatic nitrogens is 2. The van der Waals surface area contributed by atoms with Crippen LogP contribution in [0.1, 0.15) is 27.2 Å². The molecule has 2 heterocycles. The summed E-state index contributed by atoms with van der Waals surface area (Å²) in [7, 11) is 0.